The lowest BCUT2D eigenvalue weighted by molar-refractivity contribution is -0.167. The number of carbonyl (C=O) groups is 1. The molecule has 0 fully saturated rings. The smallest absolute Gasteiger partial charge is 0.318 e. The summed E-state index contributed by atoms with van der Waals surface area (Å²) in [4.78, 5) is 10.6. The molecular formula is C9H7F3INO. The lowest BCUT2D eigenvalue weighted by atomic mass is 10.2. The molecule has 0 bridgehead atoms. The van der Waals surface area contributed by atoms with Crippen molar-refractivity contribution < 1.29 is 18.0 Å². The molecule has 0 atom stereocenters. The molecule has 1 aromatic carbocycles. The van der Waals surface area contributed by atoms with Crippen LogP contribution >= 0.6 is 22.6 Å². The van der Waals surface area contributed by atoms with Gasteiger partial charge in [0.25, 0.3) is 0 Å². The van der Waals surface area contributed by atoms with Crippen molar-refractivity contribution in [1.29, 1.82) is 0 Å². The van der Waals surface area contributed by atoms with Crippen molar-refractivity contribution in [1.82, 2.24) is 0 Å². The SMILES string of the molecule is Cc1ccc(NC(=O)C(F)(F)F)cc1I. The average molecular weight is 329 g/mol. The first kappa shape index (κ1) is 12.3. The number of amides is 1. The third kappa shape index (κ3) is 3.37. The molecule has 1 amide bonds. The molecule has 0 aliphatic heterocycles. The number of hydrogen-bond acceptors (Lipinski definition) is 1. The standard InChI is InChI=1S/C9H7F3INO/c1-5-2-3-6(4-7(5)13)14-8(15)9(10,11)12/h2-4H,1H3,(H,14,15). The molecule has 15 heavy (non-hydrogen) atoms. The van der Waals surface area contributed by atoms with E-state index < -0.39 is 12.1 Å². The minimum atomic E-state index is -4.85. The Kier molecular flexibility index (Phi) is 3.58. The minimum Gasteiger partial charge on any atom is -0.318 e. The largest absolute Gasteiger partial charge is 0.471 e. The lowest BCUT2D eigenvalue weighted by Gasteiger charge is -2.08. The van der Waals surface area contributed by atoms with Crippen molar-refractivity contribution in [3.63, 3.8) is 0 Å². The summed E-state index contributed by atoms with van der Waals surface area (Å²) in [6.45, 7) is 1.83. The summed E-state index contributed by atoms with van der Waals surface area (Å²) >= 11 is 1.99. The number of aryl methyl sites for hydroxylation is 1. The molecule has 0 unspecified atom stereocenters. The summed E-state index contributed by atoms with van der Waals surface area (Å²) in [6.07, 6.45) is -4.85. The van der Waals surface area contributed by atoms with Gasteiger partial charge in [-0.3, -0.25) is 4.79 Å². The van der Waals surface area contributed by atoms with Crippen LogP contribution in [-0.4, -0.2) is 12.1 Å². The second kappa shape index (κ2) is 4.38. The van der Waals surface area contributed by atoms with Gasteiger partial charge in [-0.15, -0.1) is 0 Å². The normalized spacial score (nSPS) is 11.3. The van der Waals surface area contributed by atoms with E-state index in [0.29, 0.717) is 0 Å². The molecule has 6 heteroatoms. The number of halogens is 4. The Balaban J connectivity index is 2.83. The maximum Gasteiger partial charge on any atom is 0.471 e. The zero-order chi connectivity index (χ0) is 11.6. The van der Waals surface area contributed by atoms with Crippen molar-refractivity contribution >= 4 is 34.2 Å². The van der Waals surface area contributed by atoms with E-state index in [1.54, 1.807) is 11.4 Å². The van der Waals surface area contributed by atoms with Crippen LogP contribution in [0.15, 0.2) is 18.2 Å². The van der Waals surface area contributed by atoms with E-state index in [4.69, 9.17) is 0 Å². The third-order valence-electron chi connectivity index (χ3n) is 1.69. The van der Waals surface area contributed by atoms with Crippen molar-refractivity contribution in [3.8, 4) is 0 Å². The first-order chi connectivity index (χ1) is 6.80. The van der Waals surface area contributed by atoms with Crippen LogP contribution in [0.1, 0.15) is 5.56 Å². The Morgan fingerprint density at radius 2 is 2.00 bits per heavy atom. The summed E-state index contributed by atoms with van der Waals surface area (Å²) in [5, 5.41) is 1.78. The van der Waals surface area contributed by atoms with E-state index in [1.807, 2.05) is 29.5 Å². The molecule has 0 heterocycles. The van der Waals surface area contributed by atoms with E-state index in [-0.39, 0.29) is 5.69 Å². The van der Waals surface area contributed by atoms with Crippen LogP contribution in [0.5, 0.6) is 0 Å². The fourth-order valence-electron chi connectivity index (χ4n) is 0.873. The Morgan fingerprint density at radius 3 is 2.47 bits per heavy atom. The molecule has 0 saturated carbocycles. The van der Waals surface area contributed by atoms with E-state index in [9.17, 15) is 18.0 Å². The van der Waals surface area contributed by atoms with E-state index in [1.165, 1.54) is 12.1 Å². The molecule has 82 valence electrons. The fourth-order valence-corrected chi connectivity index (χ4v) is 1.39. The summed E-state index contributed by atoms with van der Waals surface area (Å²) in [7, 11) is 0. The van der Waals surface area contributed by atoms with Crippen molar-refractivity contribution in [2.24, 2.45) is 0 Å². The van der Waals surface area contributed by atoms with Gasteiger partial charge < -0.3 is 5.32 Å². The molecular weight excluding hydrogens is 322 g/mol. The van der Waals surface area contributed by atoms with Gasteiger partial charge in [-0.1, -0.05) is 6.07 Å². The van der Waals surface area contributed by atoms with Crippen LogP contribution in [0.3, 0.4) is 0 Å². The number of carbonyl (C=O) groups excluding carboxylic acids is 1. The second-order valence-electron chi connectivity index (χ2n) is 2.92. The number of benzene rings is 1. The van der Waals surface area contributed by atoms with Crippen LogP contribution < -0.4 is 5.32 Å². The van der Waals surface area contributed by atoms with Gasteiger partial charge in [-0.05, 0) is 47.2 Å². The second-order valence-corrected chi connectivity index (χ2v) is 4.08. The van der Waals surface area contributed by atoms with Crippen molar-refractivity contribution in [3.05, 3.63) is 27.3 Å². The van der Waals surface area contributed by atoms with Gasteiger partial charge in [0.2, 0.25) is 0 Å². The van der Waals surface area contributed by atoms with Gasteiger partial charge in [-0.25, -0.2) is 0 Å². The molecule has 1 rings (SSSR count). The third-order valence-corrected chi connectivity index (χ3v) is 2.85. The zero-order valence-electron chi connectivity index (χ0n) is 7.65. The first-order valence-corrected chi connectivity index (χ1v) is 5.03. The molecule has 1 aromatic rings. The quantitative estimate of drug-likeness (QED) is 0.788. The molecule has 0 saturated heterocycles. The van der Waals surface area contributed by atoms with Gasteiger partial charge in [0.15, 0.2) is 0 Å². The van der Waals surface area contributed by atoms with Crippen molar-refractivity contribution in [2.45, 2.75) is 13.1 Å². The number of alkyl halides is 3. The highest BCUT2D eigenvalue weighted by atomic mass is 127. The van der Waals surface area contributed by atoms with Gasteiger partial charge in [0, 0.05) is 9.26 Å². The highest BCUT2D eigenvalue weighted by Crippen LogP contribution is 2.21. The van der Waals surface area contributed by atoms with E-state index in [0.717, 1.165) is 9.13 Å². The minimum absolute atomic E-state index is 0.146. The molecule has 1 N–H and O–H groups in total. The molecule has 0 radical (unpaired) electrons. The summed E-state index contributed by atoms with van der Waals surface area (Å²) < 4.78 is 36.5. The number of rotatable bonds is 1. The Bertz CT molecular complexity index is 389. The maximum atomic E-state index is 11.9. The van der Waals surface area contributed by atoms with Gasteiger partial charge in [0.1, 0.15) is 0 Å². The monoisotopic (exact) mass is 329 g/mol. The zero-order valence-corrected chi connectivity index (χ0v) is 9.81. The van der Waals surface area contributed by atoms with Crippen LogP contribution in [0.25, 0.3) is 0 Å². The van der Waals surface area contributed by atoms with Crippen LogP contribution in [0.4, 0.5) is 18.9 Å². The Labute approximate surface area is 98.0 Å². The molecule has 2 nitrogen and oxygen atoms in total. The summed E-state index contributed by atoms with van der Waals surface area (Å²) in [5.74, 6) is -1.96. The summed E-state index contributed by atoms with van der Waals surface area (Å²) in [5.41, 5.74) is 1.09. The predicted octanol–water partition coefficient (Wildman–Crippen LogP) is 3.10. The van der Waals surface area contributed by atoms with Crippen LogP contribution in [-0.2, 0) is 4.79 Å². The number of hydrogen-bond donors (Lipinski definition) is 1. The summed E-state index contributed by atoms with van der Waals surface area (Å²) in [6, 6.07) is 4.56. The van der Waals surface area contributed by atoms with Gasteiger partial charge in [-0.2, -0.15) is 13.2 Å². The van der Waals surface area contributed by atoms with E-state index in [2.05, 4.69) is 0 Å². The lowest BCUT2D eigenvalue weighted by Crippen LogP contribution is -2.29. The Hall–Kier alpha value is -0.790. The van der Waals surface area contributed by atoms with Crippen LogP contribution in [0, 0.1) is 10.5 Å². The first-order valence-electron chi connectivity index (χ1n) is 3.95. The van der Waals surface area contributed by atoms with Gasteiger partial charge >= 0.3 is 12.1 Å². The van der Waals surface area contributed by atoms with E-state index >= 15 is 0 Å². The number of nitrogens with one attached hydrogen (secondary N) is 1. The maximum absolute atomic E-state index is 11.9. The van der Waals surface area contributed by atoms with Gasteiger partial charge in [0.05, 0.1) is 0 Å². The highest BCUT2D eigenvalue weighted by molar-refractivity contribution is 14.1. The predicted molar refractivity (Wildman–Crippen MR) is 58.6 cm³/mol. The Morgan fingerprint density at radius 1 is 1.40 bits per heavy atom. The topological polar surface area (TPSA) is 29.1 Å². The molecule has 0 spiro atoms. The molecule has 0 aliphatic rings. The molecule has 0 aromatic heterocycles. The molecule has 0 aliphatic carbocycles. The van der Waals surface area contributed by atoms with Crippen molar-refractivity contribution in [2.75, 3.05) is 5.32 Å². The highest BCUT2D eigenvalue weighted by Gasteiger charge is 2.38. The number of anilines is 1. The van der Waals surface area contributed by atoms with Crippen LogP contribution in [0.2, 0.25) is 0 Å². The average Bonchev–Trinajstić information content (AvgIpc) is 2.10. The fraction of sp³-hybridized carbons (Fsp3) is 0.222.